The summed E-state index contributed by atoms with van der Waals surface area (Å²) in [5, 5.41) is 20.4. The molecule has 0 bridgehead atoms. The Bertz CT molecular complexity index is 1310. The number of likely N-dealkylation sites (tertiary alicyclic amines) is 1. The van der Waals surface area contributed by atoms with Gasteiger partial charge in [-0.1, -0.05) is 0 Å². The molecule has 34 heavy (non-hydrogen) atoms. The van der Waals surface area contributed by atoms with Gasteiger partial charge in [0.25, 0.3) is 0 Å². The number of rotatable bonds is 8. The van der Waals surface area contributed by atoms with Crippen molar-refractivity contribution in [2.75, 3.05) is 32.9 Å². The number of alkyl halides is 1. The zero-order valence-electron chi connectivity index (χ0n) is 18.4. The highest BCUT2D eigenvalue weighted by Crippen LogP contribution is 2.41. The number of hydrogen-bond acceptors (Lipinski definition) is 6. The van der Waals surface area contributed by atoms with E-state index in [0.717, 1.165) is 40.2 Å². The number of phenolic OH excluding ortho intramolecular Hbond substituents is 2. The van der Waals surface area contributed by atoms with Crippen LogP contribution in [-0.2, 0) is 0 Å². The summed E-state index contributed by atoms with van der Waals surface area (Å²) in [5.41, 5.74) is 1.93. The molecule has 1 fully saturated rings. The lowest BCUT2D eigenvalue weighted by atomic mass is 9.97. The Balaban J connectivity index is 1.37. The summed E-state index contributed by atoms with van der Waals surface area (Å²) in [5.74, 6) is 1.02. The summed E-state index contributed by atoms with van der Waals surface area (Å²) in [7, 11) is 0. The lowest BCUT2D eigenvalue weighted by Crippen LogP contribution is -2.49. The van der Waals surface area contributed by atoms with Crippen LogP contribution in [0.1, 0.15) is 15.9 Å². The number of fused-ring (bicyclic) bond motifs is 1. The average Bonchev–Trinajstić information content (AvgIpc) is 3.19. The number of nitrogens with zero attached hydrogens (tertiary/aromatic N) is 1. The number of ether oxygens (including phenoxy) is 1. The minimum Gasteiger partial charge on any atom is -0.508 e. The van der Waals surface area contributed by atoms with Gasteiger partial charge in [0, 0.05) is 51.6 Å². The van der Waals surface area contributed by atoms with Gasteiger partial charge in [-0.15, -0.1) is 11.3 Å². The molecule has 3 aromatic carbocycles. The number of phenols is 2. The van der Waals surface area contributed by atoms with Gasteiger partial charge in [-0.3, -0.25) is 14.1 Å². The number of carbonyl (C=O) groups excluding carboxylic acids is 1. The van der Waals surface area contributed by atoms with Crippen molar-refractivity contribution < 1.29 is 24.1 Å². The van der Waals surface area contributed by atoms with Gasteiger partial charge in [-0.25, -0.2) is 0 Å². The second kappa shape index (κ2) is 9.44. The largest absolute Gasteiger partial charge is 0.508 e. The van der Waals surface area contributed by atoms with Crippen molar-refractivity contribution in [3.8, 4) is 27.7 Å². The summed E-state index contributed by atoms with van der Waals surface area (Å²) in [4.78, 5) is 16.5. The van der Waals surface area contributed by atoms with E-state index in [-0.39, 0.29) is 29.9 Å². The first-order valence-electron chi connectivity index (χ1n) is 11.1. The fourth-order valence-electron chi connectivity index (χ4n) is 4.22. The van der Waals surface area contributed by atoms with Crippen molar-refractivity contribution in [2.45, 2.75) is 0 Å². The van der Waals surface area contributed by atoms with E-state index in [0.29, 0.717) is 23.5 Å². The molecule has 1 aliphatic heterocycles. The minimum absolute atomic E-state index is 0.121. The fraction of sp³-hybridized carbons (Fsp3) is 0.222. The van der Waals surface area contributed by atoms with Gasteiger partial charge < -0.3 is 14.9 Å². The highest BCUT2D eigenvalue weighted by molar-refractivity contribution is 7.22. The van der Waals surface area contributed by atoms with Crippen LogP contribution in [0.5, 0.6) is 17.2 Å². The minimum atomic E-state index is -0.262. The highest BCUT2D eigenvalue weighted by atomic mass is 32.1. The Morgan fingerprint density at radius 2 is 1.71 bits per heavy atom. The van der Waals surface area contributed by atoms with Crippen LogP contribution in [0.25, 0.3) is 20.5 Å². The van der Waals surface area contributed by atoms with Crippen molar-refractivity contribution in [3.05, 3.63) is 77.9 Å². The van der Waals surface area contributed by atoms with Gasteiger partial charge >= 0.3 is 0 Å². The molecule has 1 aromatic heterocycles. The van der Waals surface area contributed by atoms with Crippen LogP contribution in [0, 0.1) is 5.92 Å². The molecule has 0 amide bonds. The maximum Gasteiger partial charge on any atom is 0.195 e. The smallest absolute Gasteiger partial charge is 0.195 e. The van der Waals surface area contributed by atoms with Gasteiger partial charge in [0.15, 0.2) is 5.78 Å². The maximum atomic E-state index is 13.6. The third-order valence-electron chi connectivity index (χ3n) is 6.07. The maximum absolute atomic E-state index is 13.6. The number of benzene rings is 3. The van der Waals surface area contributed by atoms with Gasteiger partial charge in [-0.2, -0.15) is 0 Å². The highest BCUT2D eigenvalue weighted by Gasteiger charge is 2.26. The second-order valence-electron chi connectivity index (χ2n) is 8.52. The van der Waals surface area contributed by atoms with Crippen molar-refractivity contribution in [2.24, 2.45) is 5.92 Å². The summed E-state index contributed by atoms with van der Waals surface area (Å²) in [6.45, 7) is 2.56. The van der Waals surface area contributed by atoms with Crippen LogP contribution in [0.4, 0.5) is 4.39 Å². The summed E-state index contributed by atoms with van der Waals surface area (Å²) >= 11 is 1.43. The first-order chi connectivity index (χ1) is 16.5. The Kier molecular flexibility index (Phi) is 6.22. The van der Waals surface area contributed by atoms with Crippen LogP contribution in [0.3, 0.4) is 0 Å². The van der Waals surface area contributed by atoms with Crippen molar-refractivity contribution >= 4 is 27.2 Å². The van der Waals surface area contributed by atoms with Crippen LogP contribution in [-0.4, -0.2) is 53.8 Å². The van der Waals surface area contributed by atoms with Gasteiger partial charge in [-0.05, 0) is 72.3 Å². The number of halogens is 1. The number of carbonyl (C=O) groups is 1. The van der Waals surface area contributed by atoms with Crippen LogP contribution >= 0.6 is 11.3 Å². The summed E-state index contributed by atoms with van der Waals surface area (Å²) < 4.78 is 19.1. The molecule has 4 aromatic rings. The lowest BCUT2D eigenvalue weighted by molar-refractivity contribution is 0.0668. The monoisotopic (exact) mass is 477 g/mol. The van der Waals surface area contributed by atoms with E-state index < -0.39 is 0 Å². The van der Waals surface area contributed by atoms with E-state index in [1.807, 2.05) is 0 Å². The molecule has 0 radical (unpaired) electrons. The molecule has 2 N–H and O–H groups in total. The van der Waals surface area contributed by atoms with E-state index in [2.05, 4.69) is 4.90 Å². The Hall–Kier alpha value is -3.42. The lowest BCUT2D eigenvalue weighted by Gasteiger charge is -2.37. The zero-order chi connectivity index (χ0) is 23.7. The van der Waals surface area contributed by atoms with Crippen LogP contribution < -0.4 is 4.74 Å². The third-order valence-corrected chi connectivity index (χ3v) is 7.28. The number of aromatic hydroxyl groups is 2. The molecular formula is C27H24FNO4S. The molecule has 1 saturated heterocycles. The van der Waals surface area contributed by atoms with E-state index >= 15 is 0 Å². The van der Waals surface area contributed by atoms with Crippen molar-refractivity contribution in [1.29, 1.82) is 0 Å². The number of hydrogen-bond donors (Lipinski definition) is 2. The van der Waals surface area contributed by atoms with Crippen LogP contribution in [0.15, 0.2) is 66.7 Å². The van der Waals surface area contributed by atoms with E-state index in [4.69, 9.17) is 4.74 Å². The predicted molar refractivity (Wildman–Crippen MR) is 132 cm³/mol. The molecule has 0 unspecified atom stereocenters. The van der Waals surface area contributed by atoms with Crippen LogP contribution in [0.2, 0.25) is 0 Å². The Labute approximate surface area is 200 Å². The zero-order valence-corrected chi connectivity index (χ0v) is 19.2. The topological polar surface area (TPSA) is 70.0 Å². The molecule has 0 spiro atoms. The first-order valence-corrected chi connectivity index (χ1v) is 11.9. The van der Waals surface area contributed by atoms with E-state index in [9.17, 15) is 19.4 Å². The predicted octanol–water partition coefficient (Wildman–Crippen LogP) is 5.49. The molecule has 0 saturated carbocycles. The number of ketones is 1. The molecule has 0 atom stereocenters. The molecule has 5 rings (SSSR count). The molecule has 174 valence electrons. The van der Waals surface area contributed by atoms with Gasteiger partial charge in [0.05, 0.1) is 6.67 Å². The summed E-state index contributed by atoms with van der Waals surface area (Å²) in [6.07, 6.45) is 0. The Morgan fingerprint density at radius 1 is 1.00 bits per heavy atom. The first kappa shape index (κ1) is 22.4. The second-order valence-corrected chi connectivity index (χ2v) is 9.57. The van der Waals surface area contributed by atoms with E-state index in [1.54, 1.807) is 66.7 Å². The summed E-state index contributed by atoms with van der Waals surface area (Å²) in [6, 6.07) is 18.8. The van der Waals surface area contributed by atoms with Crippen molar-refractivity contribution in [1.82, 2.24) is 4.90 Å². The molecule has 5 nitrogen and oxygen atoms in total. The molecule has 0 aliphatic carbocycles. The average molecular weight is 478 g/mol. The normalized spacial score (nSPS) is 14.3. The van der Waals surface area contributed by atoms with Gasteiger partial charge in [0.1, 0.15) is 23.9 Å². The Morgan fingerprint density at radius 3 is 2.41 bits per heavy atom. The van der Waals surface area contributed by atoms with Gasteiger partial charge in [0.2, 0.25) is 0 Å². The number of thiophene rings is 1. The molecule has 2 heterocycles. The molecule has 7 heteroatoms. The van der Waals surface area contributed by atoms with E-state index in [1.165, 1.54) is 11.3 Å². The van der Waals surface area contributed by atoms with Crippen molar-refractivity contribution in [3.63, 3.8) is 0 Å². The quantitative estimate of drug-likeness (QED) is 0.329. The standard InChI is InChI=1S/C27H24FNO4S/c28-14-17-15-29(16-17)11-12-33-22-8-3-18(4-9-22)26(32)25-23-10-7-21(31)13-24(23)34-27(25)19-1-5-20(30)6-2-19/h1-10,13,17,30-31H,11-12,14-16H2. The third kappa shape index (κ3) is 4.49. The fourth-order valence-corrected chi connectivity index (χ4v) is 5.46. The SMILES string of the molecule is O=C(c1ccc(OCCN2CC(CF)C2)cc1)c1c(-c2ccc(O)cc2)sc2cc(O)ccc12. The molecular weight excluding hydrogens is 453 g/mol. The molecule has 1 aliphatic rings.